The van der Waals surface area contributed by atoms with E-state index in [4.69, 9.17) is 10.0 Å². The smallest absolute Gasteiger partial charge is 0.423 e. The van der Waals surface area contributed by atoms with Crippen LogP contribution in [0.4, 0.5) is 0 Å². The predicted molar refractivity (Wildman–Crippen MR) is 53.3 cm³/mol. The first-order valence-electron chi connectivity index (χ1n) is 4.45. The maximum Gasteiger partial charge on any atom is 0.488 e. The second-order valence-electron chi connectivity index (χ2n) is 2.77. The fourth-order valence-corrected chi connectivity index (χ4v) is 0.952. The van der Waals surface area contributed by atoms with Crippen molar-refractivity contribution in [2.75, 3.05) is 6.61 Å². The number of carbonyl (C=O) groups excluding carboxylic acids is 1. The Hall–Kier alpha value is -1.37. The van der Waals surface area contributed by atoms with E-state index in [0.717, 1.165) is 0 Å². The van der Waals surface area contributed by atoms with E-state index >= 15 is 0 Å². The minimum absolute atomic E-state index is 0.277. The molecule has 15 heavy (non-hydrogen) atoms. The lowest BCUT2D eigenvalue weighted by Crippen LogP contribution is -2.29. The van der Waals surface area contributed by atoms with Gasteiger partial charge in [0.1, 0.15) is 0 Å². The Morgan fingerprint density at radius 3 is 2.40 bits per heavy atom. The summed E-state index contributed by atoms with van der Waals surface area (Å²) in [6, 6.07) is 5.70. The summed E-state index contributed by atoms with van der Waals surface area (Å²) in [5, 5.41) is 17.6. The number of hydrogen-bond acceptors (Lipinski definition) is 5. The van der Waals surface area contributed by atoms with Crippen LogP contribution in [-0.2, 0) is 9.78 Å². The van der Waals surface area contributed by atoms with Crippen molar-refractivity contribution in [2.45, 2.75) is 6.92 Å². The van der Waals surface area contributed by atoms with Crippen molar-refractivity contribution in [3.63, 3.8) is 0 Å². The van der Waals surface area contributed by atoms with Gasteiger partial charge < -0.3 is 10.0 Å². The van der Waals surface area contributed by atoms with Gasteiger partial charge in [-0.05, 0) is 24.5 Å². The fourth-order valence-electron chi connectivity index (χ4n) is 0.952. The number of carbonyl (C=O) groups is 1. The van der Waals surface area contributed by atoms with Gasteiger partial charge in [-0.3, -0.25) is 4.89 Å². The number of benzene rings is 1. The topological polar surface area (TPSA) is 76.0 Å². The summed E-state index contributed by atoms with van der Waals surface area (Å²) in [6.07, 6.45) is 0. The molecule has 1 aromatic carbocycles. The van der Waals surface area contributed by atoms with Crippen molar-refractivity contribution >= 4 is 18.6 Å². The Labute approximate surface area is 87.3 Å². The lowest BCUT2D eigenvalue weighted by atomic mass is 9.80. The summed E-state index contributed by atoms with van der Waals surface area (Å²) >= 11 is 0. The number of hydrogen-bond donors (Lipinski definition) is 2. The van der Waals surface area contributed by atoms with Gasteiger partial charge in [0.25, 0.3) is 0 Å². The van der Waals surface area contributed by atoms with Gasteiger partial charge in [-0.15, -0.1) is 0 Å². The molecule has 0 spiro atoms. The third-order valence-electron chi connectivity index (χ3n) is 1.70. The summed E-state index contributed by atoms with van der Waals surface area (Å²) in [7, 11) is -1.54. The normalized spacial score (nSPS) is 9.80. The molecule has 0 saturated heterocycles. The molecule has 2 N–H and O–H groups in total. The molecule has 5 nitrogen and oxygen atoms in total. The summed E-state index contributed by atoms with van der Waals surface area (Å²) in [5.41, 5.74) is 0.593. The molecule has 0 saturated carbocycles. The summed E-state index contributed by atoms with van der Waals surface area (Å²) < 4.78 is 0. The average molecular weight is 210 g/mol. The quantitative estimate of drug-likeness (QED) is 0.397. The zero-order chi connectivity index (χ0) is 11.3. The zero-order valence-electron chi connectivity index (χ0n) is 8.21. The average Bonchev–Trinajstić information content (AvgIpc) is 2.26. The molecule has 0 heterocycles. The van der Waals surface area contributed by atoms with E-state index in [1.807, 2.05) is 0 Å². The summed E-state index contributed by atoms with van der Waals surface area (Å²) in [5.74, 6) is -0.615. The molecule has 0 unspecified atom stereocenters. The van der Waals surface area contributed by atoms with Crippen molar-refractivity contribution in [2.24, 2.45) is 0 Å². The maximum absolute atomic E-state index is 11.2. The first-order chi connectivity index (χ1) is 7.15. The largest absolute Gasteiger partial charge is 0.488 e. The maximum atomic E-state index is 11.2. The molecule has 0 aromatic heterocycles. The minimum atomic E-state index is -1.54. The van der Waals surface area contributed by atoms with Crippen molar-refractivity contribution in [1.82, 2.24) is 0 Å². The highest BCUT2D eigenvalue weighted by atomic mass is 17.2. The van der Waals surface area contributed by atoms with Gasteiger partial charge in [0, 0.05) is 0 Å². The van der Waals surface area contributed by atoms with Crippen molar-refractivity contribution in [1.29, 1.82) is 0 Å². The highest BCUT2D eigenvalue weighted by Crippen LogP contribution is 2.00. The first-order valence-corrected chi connectivity index (χ1v) is 4.45. The van der Waals surface area contributed by atoms with Gasteiger partial charge in [0.05, 0.1) is 12.2 Å². The molecule has 1 rings (SSSR count). The lowest BCUT2D eigenvalue weighted by Gasteiger charge is -2.02. The van der Waals surface area contributed by atoms with Crippen LogP contribution in [0.1, 0.15) is 17.3 Å². The highest BCUT2D eigenvalue weighted by molar-refractivity contribution is 6.58. The Morgan fingerprint density at radius 2 is 1.93 bits per heavy atom. The predicted octanol–water partition coefficient (Wildman–Crippen LogP) is -0.525. The van der Waals surface area contributed by atoms with Crippen LogP contribution in [0.2, 0.25) is 0 Å². The van der Waals surface area contributed by atoms with Gasteiger partial charge in [-0.1, -0.05) is 12.1 Å². The van der Waals surface area contributed by atoms with E-state index in [9.17, 15) is 4.79 Å². The molecule has 0 aliphatic carbocycles. The Morgan fingerprint density at radius 1 is 1.33 bits per heavy atom. The Bertz CT molecular complexity index is 322. The summed E-state index contributed by atoms with van der Waals surface area (Å²) in [4.78, 5) is 20.1. The van der Waals surface area contributed by atoms with Gasteiger partial charge >= 0.3 is 13.1 Å². The van der Waals surface area contributed by atoms with Crippen LogP contribution >= 0.6 is 0 Å². The molecule has 0 atom stereocenters. The van der Waals surface area contributed by atoms with E-state index in [1.165, 1.54) is 24.3 Å². The van der Waals surface area contributed by atoms with Crippen LogP contribution in [0.5, 0.6) is 0 Å². The Kier molecular flexibility index (Phi) is 4.29. The first kappa shape index (κ1) is 11.7. The zero-order valence-corrected chi connectivity index (χ0v) is 8.21. The van der Waals surface area contributed by atoms with Crippen LogP contribution in [0.25, 0.3) is 0 Å². The molecule has 1 aromatic rings. The molecule has 0 fully saturated rings. The minimum Gasteiger partial charge on any atom is -0.423 e. The SMILES string of the molecule is CCOOC(=O)c1ccc(B(O)O)cc1. The van der Waals surface area contributed by atoms with Gasteiger partial charge in [-0.2, -0.15) is 4.89 Å². The van der Waals surface area contributed by atoms with Crippen LogP contribution in [0, 0.1) is 0 Å². The highest BCUT2D eigenvalue weighted by Gasteiger charge is 2.12. The third-order valence-corrected chi connectivity index (χ3v) is 1.70. The molecule has 80 valence electrons. The van der Waals surface area contributed by atoms with Crippen LogP contribution in [0.15, 0.2) is 24.3 Å². The third kappa shape index (κ3) is 3.36. The monoisotopic (exact) mass is 210 g/mol. The molecular weight excluding hydrogens is 199 g/mol. The molecular formula is C9H11BO5. The standard InChI is InChI=1S/C9H11BO5/c1-2-14-15-9(11)7-3-5-8(6-4-7)10(12)13/h3-6,12-13H,2H2,1H3. The van der Waals surface area contributed by atoms with Gasteiger partial charge in [-0.25, -0.2) is 4.79 Å². The van der Waals surface area contributed by atoms with E-state index in [-0.39, 0.29) is 12.2 Å². The van der Waals surface area contributed by atoms with Gasteiger partial charge in [0.2, 0.25) is 0 Å². The molecule has 0 bridgehead atoms. The fraction of sp³-hybridized carbons (Fsp3) is 0.222. The van der Waals surface area contributed by atoms with E-state index in [1.54, 1.807) is 6.92 Å². The molecule has 0 aliphatic heterocycles. The van der Waals surface area contributed by atoms with E-state index < -0.39 is 13.1 Å². The second kappa shape index (κ2) is 5.50. The van der Waals surface area contributed by atoms with Crippen LogP contribution in [0.3, 0.4) is 0 Å². The molecule has 0 amide bonds. The van der Waals surface area contributed by atoms with Crippen molar-refractivity contribution in [3.05, 3.63) is 29.8 Å². The molecule has 6 heteroatoms. The summed E-state index contributed by atoms with van der Waals surface area (Å²) in [6.45, 7) is 1.97. The van der Waals surface area contributed by atoms with Crippen molar-refractivity contribution in [3.8, 4) is 0 Å². The van der Waals surface area contributed by atoms with E-state index in [2.05, 4.69) is 9.78 Å². The molecule has 0 aliphatic rings. The van der Waals surface area contributed by atoms with E-state index in [0.29, 0.717) is 5.46 Å². The van der Waals surface area contributed by atoms with Gasteiger partial charge in [0.15, 0.2) is 0 Å². The number of rotatable bonds is 4. The van der Waals surface area contributed by atoms with Crippen LogP contribution in [-0.4, -0.2) is 29.7 Å². The second-order valence-corrected chi connectivity index (χ2v) is 2.77. The lowest BCUT2D eigenvalue weighted by molar-refractivity contribution is -0.236. The molecule has 0 radical (unpaired) electrons. The van der Waals surface area contributed by atoms with Crippen LogP contribution < -0.4 is 5.46 Å². The van der Waals surface area contributed by atoms with Crippen molar-refractivity contribution < 1.29 is 24.6 Å². The Balaban J connectivity index is 2.67.